The highest BCUT2D eigenvalue weighted by atomic mass is 16.1. The summed E-state index contributed by atoms with van der Waals surface area (Å²) in [5.41, 5.74) is 8.30. The van der Waals surface area contributed by atoms with Gasteiger partial charge in [-0.15, -0.1) is 0 Å². The van der Waals surface area contributed by atoms with Gasteiger partial charge in [0.1, 0.15) is 0 Å². The Bertz CT molecular complexity index is 490. The van der Waals surface area contributed by atoms with E-state index in [2.05, 4.69) is 15.5 Å². The van der Waals surface area contributed by atoms with Crippen molar-refractivity contribution in [1.29, 1.82) is 0 Å². The number of aromatic amines is 1. The molecule has 0 saturated heterocycles. The van der Waals surface area contributed by atoms with E-state index in [1.165, 1.54) is 11.8 Å². The molecule has 0 atom stereocenters. The lowest BCUT2D eigenvalue weighted by molar-refractivity contribution is 0.0951. The highest BCUT2D eigenvalue weighted by Crippen LogP contribution is 2.05. The quantitative estimate of drug-likeness (QED) is 0.728. The molecular weight excluding hydrogens is 228 g/mol. The van der Waals surface area contributed by atoms with Crippen LogP contribution in [0.5, 0.6) is 0 Å². The van der Waals surface area contributed by atoms with Crippen molar-refractivity contribution in [2.45, 2.75) is 13.0 Å². The molecule has 18 heavy (non-hydrogen) atoms. The smallest absolute Gasteiger partial charge is 0.254 e. The molecule has 0 unspecified atom stereocenters. The van der Waals surface area contributed by atoms with Crippen molar-refractivity contribution < 1.29 is 4.79 Å². The molecule has 4 N–H and O–H groups in total. The molecule has 0 fully saturated rings. The first-order valence-electron chi connectivity index (χ1n) is 5.84. The third kappa shape index (κ3) is 3.18. The van der Waals surface area contributed by atoms with Gasteiger partial charge in [-0.1, -0.05) is 24.3 Å². The molecule has 0 aliphatic carbocycles. The molecule has 1 aromatic heterocycles. The van der Waals surface area contributed by atoms with E-state index in [0.717, 1.165) is 12.0 Å². The largest absolute Gasteiger partial charge is 0.348 e. The Hall–Kier alpha value is -2.14. The number of amides is 1. The summed E-state index contributed by atoms with van der Waals surface area (Å²) in [6.07, 6.45) is 3.95. The Kier molecular flexibility index (Phi) is 4.09. The molecule has 0 aliphatic heterocycles. The van der Waals surface area contributed by atoms with Crippen LogP contribution >= 0.6 is 0 Å². The van der Waals surface area contributed by atoms with Crippen molar-refractivity contribution in [3.63, 3.8) is 0 Å². The van der Waals surface area contributed by atoms with Gasteiger partial charge in [-0.25, -0.2) is 0 Å². The molecule has 2 rings (SSSR count). The maximum Gasteiger partial charge on any atom is 0.254 e. The van der Waals surface area contributed by atoms with E-state index in [1.54, 1.807) is 6.20 Å². The summed E-state index contributed by atoms with van der Waals surface area (Å²) in [7, 11) is 0. The summed E-state index contributed by atoms with van der Waals surface area (Å²) in [4.78, 5) is 11.7. The number of carbonyl (C=O) groups excluding carboxylic acids is 1. The van der Waals surface area contributed by atoms with Gasteiger partial charge in [0.2, 0.25) is 0 Å². The second-order valence-corrected chi connectivity index (χ2v) is 4.02. The Balaban J connectivity index is 1.88. The van der Waals surface area contributed by atoms with Gasteiger partial charge in [-0.2, -0.15) is 5.10 Å². The highest BCUT2D eigenvalue weighted by Gasteiger charge is 2.05. The van der Waals surface area contributed by atoms with Gasteiger partial charge >= 0.3 is 0 Å². The summed E-state index contributed by atoms with van der Waals surface area (Å²) in [6, 6.07) is 8.07. The van der Waals surface area contributed by atoms with Gasteiger partial charge in [0.25, 0.3) is 5.91 Å². The normalized spacial score (nSPS) is 10.3. The number of nitrogens with two attached hydrogens (primary N) is 1. The van der Waals surface area contributed by atoms with Crippen LogP contribution in [0.3, 0.4) is 0 Å². The van der Waals surface area contributed by atoms with E-state index < -0.39 is 0 Å². The lowest BCUT2D eigenvalue weighted by Gasteiger charge is -2.05. The molecule has 0 aliphatic rings. The first-order valence-corrected chi connectivity index (χ1v) is 5.84. The number of hydrogen-bond donors (Lipinski definition) is 3. The van der Waals surface area contributed by atoms with Crippen molar-refractivity contribution in [1.82, 2.24) is 15.5 Å². The van der Waals surface area contributed by atoms with E-state index >= 15 is 0 Å². The van der Waals surface area contributed by atoms with Gasteiger partial charge in [0.05, 0.1) is 11.8 Å². The molecule has 1 amide bonds. The fraction of sp³-hybridized carbons (Fsp3) is 0.231. The van der Waals surface area contributed by atoms with E-state index in [9.17, 15) is 4.79 Å². The minimum Gasteiger partial charge on any atom is -0.348 e. The third-order valence-electron chi connectivity index (χ3n) is 2.67. The lowest BCUT2D eigenvalue weighted by Crippen LogP contribution is -2.22. The van der Waals surface area contributed by atoms with E-state index in [4.69, 9.17) is 5.73 Å². The van der Waals surface area contributed by atoms with Gasteiger partial charge in [0, 0.05) is 12.7 Å². The van der Waals surface area contributed by atoms with E-state index in [1.807, 2.05) is 24.3 Å². The predicted octanol–water partition coefficient (Wildman–Crippen LogP) is 0.841. The lowest BCUT2D eigenvalue weighted by atomic mass is 10.1. The average molecular weight is 244 g/mol. The van der Waals surface area contributed by atoms with Gasteiger partial charge in [0.15, 0.2) is 0 Å². The van der Waals surface area contributed by atoms with Crippen molar-refractivity contribution in [3.05, 3.63) is 53.3 Å². The second-order valence-electron chi connectivity index (χ2n) is 4.02. The number of nitrogens with one attached hydrogen (secondary N) is 2. The topological polar surface area (TPSA) is 83.8 Å². The van der Waals surface area contributed by atoms with Crippen molar-refractivity contribution in [3.8, 4) is 0 Å². The SMILES string of the molecule is NCCc1ccc(CNC(=O)c2cn[nH]c2)cc1. The maximum absolute atomic E-state index is 11.7. The first kappa shape index (κ1) is 12.3. The summed E-state index contributed by atoms with van der Waals surface area (Å²) in [5, 5.41) is 9.17. The Morgan fingerprint density at radius 2 is 2.00 bits per heavy atom. The molecule has 1 heterocycles. The van der Waals surface area contributed by atoms with Crippen molar-refractivity contribution in [2.24, 2.45) is 5.73 Å². The molecule has 0 spiro atoms. The zero-order valence-corrected chi connectivity index (χ0v) is 10.0. The van der Waals surface area contributed by atoms with Crippen molar-refractivity contribution in [2.75, 3.05) is 6.54 Å². The number of rotatable bonds is 5. The molecule has 1 aromatic carbocycles. The molecular formula is C13H16N4O. The summed E-state index contributed by atoms with van der Waals surface area (Å²) in [5.74, 6) is -0.130. The molecule has 5 nitrogen and oxygen atoms in total. The zero-order valence-electron chi connectivity index (χ0n) is 10.0. The summed E-state index contributed by atoms with van der Waals surface area (Å²) in [6.45, 7) is 1.16. The minimum atomic E-state index is -0.130. The first-order chi connectivity index (χ1) is 8.79. The van der Waals surface area contributed by atoms with Crippen molar-refractivity contribution >= 4 is 5.91 Å². The monoisotopic (exact) mass is 244 g/mol. The maximum atomic E-state index is 11.7. The van der Waals surface area contributed by atoms with Gasteiger partial charge in [-0.05, 0) is 24.1 Å². The van der Waals surface area contributed by atoms with Crippen LogP contribution in [0.25, 0.3) is 0 Å². The van der Waals surface area contributed by atoms with Crippen LogP contribution in [0.1, 0.15) is 21.5 Å². The fourth-order valence-electron chi connectivity index (χ4n) is 1.65. The molecule has 5 heteroatoms. The van der Waals surface area contributed by atoms with Crippen LogP contribution < -0.4 is 11.1 Å². The predicted molar refractivity (Wildman–Crippen MR) is 69.0 cm³/mol. The number of aromatic nitrogens is 2. The fourth-order valence-corrected chi connectivity index (χ4v) is 1.65. The van der Waals surface area contributed by atoms with E-state index in [0.29, 0.717) is 18.7 Å². The summed E-state index contributed by atoms with van der Waals surface area (Å²) < 4.78 is 0. The van der Waals surface area contributed by atoms with Crippen LogP contribution in [0.4, 0.5) is 0 Å². The molecule has 0 saturated carbocycles. The van der Waals surface area contributed by atoms with Crippen LogP contribution in [0.2, 0.25) is 0 Å². The summed E-state index contributed by atoms with van der Waals surface area (Å²) >= 11 is 0. The Morgan fingerprint density at radius 1 is 1.28 bits per heavy atom. The van der Waals surface area contributed by atoms with Crippen LogP contribution in [0.15, 0.2) is 36.7 Å². The Morgan fingerprint density at radius 3 is 2.61 bits per heavy atom. The molecule has 2 aromatic rings. The van der Waals surface area contributed by atoms with Gasteiger partial charge in [-0.3, -0.25) is 9.89 Å². The number of nitrogens with zero attached hydrogens (tertiary/aromatic N) is 1. The van der Waals surface area contributed by atoms with Crippen LogP contribution in [0, 0.1) is 0 Å². The molecule has 0 radical (unpaired) electrons. The zero-order chi connectivity index (χ0) is 12.8. The second kappa shape index (κ2) is 5.97. The molecule has 94 valence electrons. The van der Waals surface area contributed by atoms with Crippen LogP contribution in [-0.4, -0.2) is 22.6 Å². The van der Waals surface area contributed by atoms with Gasteiger partial charge < -0.3 is 11.1 Å². The van der Waals surface area contributed by atoms with Crippen LogP contribution in [-0.2, 0) is 13.0 Å². The number of hydrogen-bond acceptors (Lipinski definition) is 3. The molecule has 0 bridgehead atoms. The number of benzene rings is 1. The van der Waals surface area contributed by atoms with E-state index in [-0.39, 0.29) is 5.91 Å². The number of H-pyrrole nitrogens is 1. The number of carbonyl (C=O) groups is 1. The average Bonchev–Trinajstić information content (AvgIpc) is 2.92. The standard InChI is InChI=1S/C13H16N4O/c14-6-5-10-1-3-11(4-2-10)7-15-13(18)12-8-16-17-9-12/h1-4,8-9H,5-7,14H2,(H,15,18)(H,16,17). The highest BCUT2D eigenvalue weighted by molar-refractivity contribution is 5.93. The third-order valence-corrected chi connectivity index (χ3v) is 2.67. The minimum absolute atomic E-state index is 0.130. The Labute approximate surface area is 105 Å².